The normalized spacial score (nSPS) is 60.2. The largest absolute Gasteiger partial charge is 0.106 e. The third-order valence-electron chi connectivity index (χ3n) is 4.70. The maximum absolute atomic E-state index is 2.51. The van der Waals surface area contributed by atoms with Gasteiger partial charge in [0.15, 0.2) is 0 Å². The lowest BCUT2D eigenvalue weighted by Gasteiger charge is -2.53. The van der Waals surface area contributed by atoms with Crippen LogP contribution < -0.4 is 0 Å². The van der Waals surface area contributed by atoms with Crippen molar-refractivity contribution in [1.82, 2.24) is 0 Å². The molecule has 0 saturated heterocycles. The predicted octanol–water partition coefficient (Wildman–Crippen LogP) is 1.86. The Morgan fingerprint density at radius 1 is 0.727 bits per heavy atom. The molecule has 0 radical (unpaired) electrons. The van der Waals surface area contributed by atoms with Crippen LogP contribution in [-0.2, 0) is 0 Å². The highest BCUT2D eigenvalue weighted by molar-refractivity contribution is 6.12. The summed E-state index contributed by atoms with van der Waals surface area (Å²) < 4.78 is 0. The van der Waals surface area contributed by atoms with Gasteiger partial charge in [-0.3, -0.25) is 0 Å². The molecule has 11 heavy (non-hydrogen) atoms. The summed E-state index contributed by atoms with van der Waals surface area (Å²) in [5.41, 5.74) is 0. The molecule has 0 aromatic rings. The van der Waals surface area contributed by atoms with E-state index in [-0.39, 0.29) is 0 Å². The van der Waals surface area contributed by atoms with E-state index >= 15 is 0 Å². The molecule has 0 aliphatic heterocycles. The van der Waals surface area contributed by atoms with Crippen LogP contribution in [0.2, 0.25) is 5.82 Å². The number of hydrogen-bond donors (Lipinski definition) is 0. The first-order chi connectivity index (χ1) is 5.33. The van der Waals surface area contributed by atoms with Gasteiger partial charge in [-0.2, -0.15) is 0 Å². The second-order valence-electron chi connectivity index (χ2n) is 5.29. The van der Waals surface area contributed by atoms with Gasteiger partial charge in [-0.15, -0.1) is 0 Å². The Morgan fingerprint density at radius 2 is 1.18 bits per heavy atom. The summed E-state index contributed by atoms with van der Waals surface area (Å²) in [4.78, 5) is 0. The summed E-state index contributed by atoms with van der Waals surface area (Å²) in [5, 5.41) is 0. The Hall–Kier alpha value is 0.0649. The fourth-order valence-corrected chi connectivity index (χ4v) is 4.20. The molecule has 0 spiro atoms. The van der Waals surface area contributed by atoms with Crippen LogP contribution in [0, 0.1) is 23.7 Å². The third kappa shape index (κ3) is 0.831. The van der Waals surface area contributed by atoms with Crippen molar-refractivity contribution in [3.63, 3.8) is 0 Å². The van der Waals surface area contributed by atoms with Crippen LogP contribution in [-0.4, -0.2) is 7.85 Å². The van der Waals surface area contributed by atoms with Crippen LogP contribution in [0.5, 0.6) is 0 Å². The minimum Gasteiger partial charge on any atom is -0.0641 e. The predicted molar refractivity (Wildman–Crippen MR) is 49.3 cm³/mol. The monoisotopic (exact) mass is 148 g/mol. The van der Waals surface area contributed by atoms with Crippen molar-refractivity contribution in [1.29, 1.82) is 0 Å². The second kappa shape index (κ2) is 2.05. The SMILES string of the molecule is BC1C2CC3CC(C2)CC1C3. The molecule has 4 fully saturated rings. The molecule has 4 aliphatic rings. The highest BCUT2D eigenvalue weighted by atomic mass is 14.5. The maximum atomic E-state index is 2.51. The molecule has 0 atom stereocenters. The van der Waals surface area contributed by atoms with E-state index in [9.17, 15) is 0 Å². The number of hydrogen-bond acceptors (Lipinski definition) is 0. The molecule has 0 aromatic carbocycles. The van der Waals surface area contributed by atoms with E-state index in [1.54, 1.807) is 32.1 Å². The molecule has 0 unspecified atom stereocenters. The van der Waals surface area contributed by atoms with Crippen molar-refractivity contribution in [2.24, 2.45) is 23.7 Å². The van der Waals surface area contributed by atoms with Gasteiger partial charge in [0.1, 0.15) is 7.85 Å². The van der Waals surface area contributed by atoms with E-state index in [0.717, 1.165) is 29.5 Å². The van der Waals surface area contributed by atoms with Gasteiger partial charge in [-0.05, 0) is 55.8 Å². The first kappa shape index (κ1) is 6.57. The average molecular weight is 148 g/mol. The smallest absolute Gasteiger partial charge is 0.0641 e. The minimum absolute atomic E-state index is 1.09. The Morgan fingerprint density at radius 3 is 1.64 bits per heavy atom. The first-order valence-corrected chi connectivity index (χ1v) is 5.33. The summed E-state index contributed by atoms with van der Waals surface area (Å²) in [6.07, 6.45) is 7.96. The highest BCUT2D eigenvalue weighted by Gasteiger charge is 2.45. The molecular formula is C10H17B. The molecular weight excluding hydrogens is 131 g/mol. The van der Waals surface area contributed by atoms with Gasteiger partial charge in [0.05, 0.1) is 0 Å². The molecule has 4 saturated carbocycles. The van der Waals surface area contributed by atoms with E-state index in [0.29, 0.717) is 0 Å². The summed E-state index contributed by atoms with van der Waals surface area (Å²) >= 11 is 0. The molecule has 4 bridgehead atoms. The standard InChI is InChI=1S/C10H17B/c11-10-8-2-6-1-7(4-8)5-9(10)3-6/h6-10H,1-5,11H2. The van der Waals surface area contributed by atoms with Crippen LogP contribution in [0.3, 0.4) is 0 Å². The lowest BCUT2D eigenvalue weighted by atomic mass is 9.47. The van der Waals surface area contributed by atoms with Crippen molar-refractivity contribution in [2.45, 2.75) is 37.9 Å². The quantitative estimate of drug-likeness (QED) is 0.460. The maximum Gasteiger partial charge on any atom is 0.106 e. The van der Waals surface area contributed by atoms with Crippen molar-refractivity contribution < 1.29 is 0 Å². The van der Waals surface area contributed by atoms with E-state index in [2.05, 4.69) is 7.85 Å². The Bertz CT molecular complexity index is 148. The van der Waals surface area contributed by atoms with Crippen molar-refractivity contribution in [3.8, 4) is 0 Å². The molecule has 0 aromatic heterocycles. The van der Waals surface area contributed by atoms with Gasteiger partial charge in [0, 0.05) is 0 Å². The molecule has 0 N–H and O–H groups in total. The lowest BCUT2D eigenvalue weighted by molar-refractivity contribution is 0.0211. The average Bonchev–Trinajstić information content (AvgIpc) is 1.98. The van der Waals surface area contributed by atoms with E-state index in [4.69, 9.17) is 0 Å². The molecule has 4 aliphatic carbocycles. The zero-order chi connectivity index (χ0) is 7.42. The summed E-state index contributed by atoms with van der Waals surface area (Å²) in [5.74, 6) is 5.70. The van der Waals surface area contributed by atoms with Crippen molar-refractivity contribution in [3.05, 3.63) is 0 Å². The molecule has 0 heterocycles. The molecule has 4 rings (SSSR count). The lowest BCUT2D eigenvalue weighted by Crippen LogP contribution is -2.42. The first-order valence-electron chi connectivity index (χ1n) is 5.33. The van der Waals surface area contributed by atoms with E-state index in [1.807, 2.05) is 0 Å². The third-order valence-corrected chi connectivity index (χ3v) is 4.70. The Balaban J connectivity index is 1.91. The van der Waals surface area contributed by atoms with Gasteiger partial charge in [0.2, 0.25) is 0 Å². The van der Waals surface area contributed by atoms with Crippen LogP contribution in [0.1, 0.15) is 32.1 Å². The summed E-state index contributed by atoms with van der Waals surface area (Å²) in [6, 6.07) is 0. The van der Waals surface area contributed by atoms with Gasteiger partial charge >= 0.3 is 0 Å². The van der Waals surface area contributed by atoms with Gasteiger partial charge in [-0.25, -0.2) is 0 Å². The fraction of sp³-hybridized carbons (Fsp3) is 1.00. The summed E-state index contributed by atoms with van der Waals surface area (Å²) in [7, 11) is 2.51. The molecule has 0 amide bonds. The van der Waals surface area contributed by atoms with Crippen LogP contribution in [0.15, 0.2) is 0 Å². The highest BCUT2D eigenvalue weighted by Crippen LogP contribution is 2.57. The fourth-order valence-electron chi connectivity index (χ4n) is 4.20. The van der Waals surface area contributed by atoms with Crippen LogP contribution in [0.4, 0.5) is 0 Å². The number of rotatable bonds is 0. The minimum atomic E-state index is 1.09. The molecule has 60 valence electrons. The topological polar surface area (TPSA) is 0 Å². The molecule has 1 heteroatoms. The van der Waals surface area contributed by atoms with Gasteiger partial charge in [0.25, 0.3) is 0 Å². The Labute approximate surface area is 70.2 Å². The molecule has 0 nitrogen and oxygen atoms in total. The van der Waals surface area contributed by atoms with Crippen molar-refractivity contribution >= 4 is 7.85 Å². The zero-order valence-electron chi connectivity index (χ0n) is 7.42. The zero-order valence-corrected chi connectivity index (χ0v) is 7.42. The second-order valence-corrected chi connectivity index (χ2v) is 5.29. The van der Waals surface area contributed by atoms with E-state index < -0.39 is 0 Å². The summed E-state index contributed by atoms with van der Waals surface area (Å²) in [6.45, 7) is 0. The van der Waals surface area contributed by atoms with Gasteiger partial charge in [-0.1, -0.05) is 5.82 Å². The Kier molecular flexibility index (Phi) is 1.23. The van der Waals surface area contributed by atoms with Crippen molar-refractivity contribution in [2.75, 3.05) is 0 Å². The van der Waals surface area contributed by atoms with Gasteiger partial charge < -0.3 is 0 Å². The van der Waals surface area contributed by atoms with Crippen LogP contribution >= 0.6 is 0 Å². The van der Waals surface area contributed by atoms with Crippen LogP contribution in [0.25, 0.3) is 0 Å². The van der Waals surface area contributed by atoms with E-state index in [1.165, 1.54) is 0 Å².